The molecule has 104 valence electrons. The Morgan fingerprint density at radius 3 is 3.00 bits per heavy atom. The number of nitrogens with one attached hydrogen (secondary N) is 2. The molecule has 0 aliphatic carbocycles. The van der Waals surface area contributed by atoms with Gasteiger partial charge in [0.05, 0.1) is 6.04 Å². The molecule has 1 saturated heterocycles. The minimum absolute atomic E-state index is 0.0304. The maximum Gasteiger partial charge on any atom is 0.241 e. The minimum Gasteiger partial charge on any atom is -0.324 e. The zero-order valence-corrected chi connectivity index (χ0v) is 11.7. The van der Waals surface area contributed by atoms with Crippen molar-refractivity contribution in [2.75, 3.05) is 11.9 Å². The number of aryl methyl sites for hydroxylation is 1. The maximum atomic E-state index is 12.3. The van der Waals surface area contributed by atoms with Crippen molar-refractivity contribution in [2.24, 2.45) is 0 Å². The summed E-state index contributed by atoms with van der Waals surface area (Å²) in [5.74, 6) is 0.116. The summed E-state index contributed by atoms with van der Waals surface area (Å²) in [7, 11) is 0. The third-order valence-electron chi connectivity index (χ3n) is 3.67. The van der Waals surface area contributed by atoms with E-state index in [1.165, 1.54) is 18.4 Å². The van der Waals surface area contributed by atoms with Crippen LogP contribution in [0.4, 0.5) is 5.69 Å². The minimum atomic E-state index is -0.0304. The van der Waals surface area contributed by atoms with E-state index < -0.39 is 0 Å². The zero-order valence-electron chi connectivity index (χ0n) is 11.7. The highest BCUT2D eigenvalue weighted by molar-refractivity contribution is 5.95. The molecule has 1 aliphatic rings. The van der Waals surface area contributed by atoms with Crippen molar-refractivity contribution in [3.8, 4) is 0 Å². The lowest BCUT2D eigenvalue weighted by molar-refractivity contribution is -0.118. The lowest BCUT2D eigenvalue weighted by atomic mass is 10.1. The van der Waals surface area contributed by atoms with Gasteiger partial charge in [0.2, 0.25) is 5.91 Å². The number of carbonyl (C=O) groups is 1. The fraction of sp³-hybridized carbons (Fsp3) is 0.562. The number of rotatable bonds is 4. The molecule has 1 aliphatic heterocycles. The zero-order chi connectivity index (χ0) is 13.5. The monoisotopic (exact) mass is 260 g/mol. The molecule has 3 nitrogen and oxygen atoms in total. The second kappa shape index (κ2) is 7.29. The predicted octanol–water partition coefficient (Wildman–Crippen LogP) is 3.11. The first-order valence-corrected chi connectivity index (χ1v) is 7.43. The summed E-state index contributed by atoms with van der Waals surface area (Å²) in [6.07, 6.45) is 6.59. The highest BCUT2D eigenvalue weighted by Gasteiger charge is 2.19. The second-order valence-electron chi connectivity index (χ2n) is 5.25. The Labute approximate surface area is 115 Å². The standard InChI is InChI=1S/C16H24N2O/c1-2-8-13-9-5-6-10-14(13)18-16(19)15-11-4-3-7-12-17-15/h5-6,9-10,15,17H,2-4,7-8,11-12H2,1H3,(H,18,19). The van der Waals surface area contributed by atoms with E-state index in [1.54, 1.807) is 0 Å². The van der Waals surface area contributed by atoms with E-state index in [0.29, 0.717) is 0 Å². The van der Waals surface area contributed by atoms with E-state index in [2.05, 4.69) is 23.6 Å². The smallest absolute Gasteiger partial charge is 0.241 e. The Balaban J connectivity index is 2.01. The van der Waals surface area contributed by atoms with Gasteiger partial charge in [0, 0.05) is 5.69 Å². The fourth-order valence-electron chi connectivity index (χ4n) is 2.60. The highest BCUT2D eigenvalue weighted by Crippen LogP contribution is 2.18. The Kier molecular flexibility index (Phi) is 5.40. The molecule has 19 heavy (non-hydrogen) atoms. The van der Waals surface area contributed by atoms with E-state index in [1.807, 2.05) is 18.2 Å². The van der Waals surface area contributed by atoms with Gasteiger partial charge < -0.3 is 10.6 Å². The van der Waals surface area contributed by atoms with Crippen molar-refractivity contribution >= 4 is 11.6 Å². The second-order valence-corrected chi connectivity index (χ2v) is 5.25. The summed E-state index contributed by atoms with van der Waals surface area (Å²) < 4.78 is 0. The Morgan fingerprint density at radius 2 is 2.16 bits per heavy atom. The molecule has 1 fully saturated rings. The molecule has 1 aromatic rings. The molecule has 1 atom stereocenters. The number of amides is 1. The topological polar surface area (TPSA) is 41.1 Å². The predicted molar refractivity (Wildman–Crippen MR) is 79.3 cm³/mol. The summed E-state index contributed by atoms with van der Waals surface area (Å²) in [5.41, 5.74) is 2.20. The van der Waals surface area contributed by atoms with E-state index in [0.717, 1.165) is 37.9 Å². The molecule has 0 spiro atoms. The fourth-order valence-corrected chi connectivity index (χ4v) is 2.60. The molecule has 1 amide bonds. The molecule has 3 heteroatoms. The first kappa shape index (κ1) is 14.1. The summed E-state index contributed by atoms with van der Waals surface area (Å²) in [5, 5.41) is 6.43. The van der Waals surface area contributed by atoms with Gasteiger partial charge in [-0.15, -0.1) is 0 Å². The number of benzene rings is 1. The van der Waals surface area contributed by atoms with Crippen molar-refractivity contribution in [3.63, 3.8) is 0 Å². The van der Waals surface area contributed by atoms with Gasteiger partial charge >= 0.3 is 0 Å². The third-order valence-corrected chi connectivity index (χ3v) is 3.67. The lowest BCUT2D eigenvalue weighted by Gasteiger charge is -2.17. The molecule has 0 saturated carbocycles. The van der Waals surface area contributed by atoms with E-state index in [9.17, 15) is 4.79 Å². The number of hydrogen-bond donors (Lipinski definition) is 2. The summed E-state index contributed by atoms with van der Waals surface area (Å²) in [4.78, 5) is 12.3. The van der Waals surface area contributed by atoms with Crippen molar-refractivity contribution in [2.45, 2.75) is 51.5 Å². The molecule has 2 N–H and O–H groups in total. The first-order chi connectivity index (χ1) is 9.31. The van der Waals surface area contributed by atoms with E-state index >= 15 is 0 Å². The maximum absolute atomic E-state index is 12.3. The molecule has 0 bridgehead atoms. The van der Waals surface area contributed by atoms with Crippen LogP contribution in [-0.4, -0.2) is 18.5 Å². The molecule has 1 heterocycles. The van der Waals surface area contributed by atoms with Gasteiger partial charge in [-0.25, -0.2) is 0 Å². The van der Waals surface area contributed by atoms with Crippen LogP contribution in [0.15, 0.2) is 24.3 Å². The largest absolute Gasteiger partial charge is 0.324 e. The van der Waals surface area contributed by atoms with Gasteiger partial charge in [-0.2, -0.15) is 0 Å². The van der Waals surface area contributed by atoms with Crippen LogP contribution in [0, 0.1) is 0 Å². The van der Waals surface area contributed by atoms with E-state index in [-0.39, 0.29) is 11.9 Å². The van der Waals surface area contributed by atoms with Crippen molar-refractivity contribution in [1.29, 1.82) is 0 Å². The molecule has 0 aromatic heterocycles. The van der Waals surface area contributed by atoms with Crippen LogP contribution in [0.5, 0.6) is 0 Å². The van der Waals surface area contributed by atoms with Crippen LogP contribution in [-0.2, 0) is 11.2 Å². The Hall–Kier alpha value is -1.35. The average molecular weight is 260 g/mol. The van der Waals surface area contributed by atoms with Gasteiger partial charge in [0.15, 0.2) is 0 Å². The third kappa shape index (κ3) is 4.06. The van der Waals surface area contributed by atoms with Gasteiger partial charge in [0.1, 0.15) is 0 Å². The highest BCUT2D eigenvalue weighted by atomic mass is 16.2. The van der Waals surface area contributed by atoms with Gasteiger partial charge in [0.25, 0.3) is 0 Å². The number of anilines is 1. The molecule has 1 unspecified atom stereocenters. The summed E-state index contributed by atoms with van der Waals surface area (Å²) in [6.45, 7) is 3.11. The lowest BCUT2D eigenvalue weighted by Crippen LogP contribution is -2.40. The molecule has 2 rings (SSSR count). The van der Waals surface area contributed by atoms with Gasteiger partial charge in [-0.05, 0) is 37.4 Å². The number of hydrogen-bond acceptors (Lipinski definition) is 2. The molecule has 0 radical (unpaired) electrons. The SMILES string of the molecule is CCCc1ccccc1NC(=O)C1CCCCCN1. The van der Waals surface area contributed by atoms with Crippen molar-refractivity contribution < 1.29 is 4.79 Å². The van der Waals surface area contributed by atoms with Crippen LogP contribution in [0.2, 0.25) is 0 Å². The number of para-hydroxylation sites is 1. The normalized spacial score (nSPS) is 19.7. The quantitative estimate of drug-likeness (QED) is 0.873. The van der Waals surface area contributed by atoms with Crippen LogP contribution >= 0.6 is 0 Å². The van der Waals surface area contributed by atoms with E-state index in [4.69, 9.17) is 0 Å². The Bertz CT molecular complexity index is 409. The van der Waals surface area contributed by atoms with Crippen LogP contribution in [0.25, 0.3) is 0 Å². The first-order valence-electron chi connectivity index (χ1n) is 7.43. The van der Waals surface area contributed by atoms with Crippen LogP contribution in [0.3, 0.4) is 0 Å². The number of carbonyl (C=O) groups excluding carboxylic acids is 1. The average Bonchev–Trinajstić information content (AvgIpc) is 2.70. The van der Waals surface area contributed by atoms with Crippen molar-refractivity contribution in [3.05, 3.63) is 29.8 Å². The van der Waals surface area contributed by atoms with Gasteiger partial charge in [-0.1, -0.05) is 44.4 Å². The van der Waals surface area contributed by atoms with Crippen LogP contribution < -0.4 is 10.6 Å². The molecule has 1 aromatic carbocycles. The van der Waals surface area contributed by atoms with Gasteiger partial charge in [-0.3, -0.25) is 4.79 Å². The Morgan fingerprint density at radius 1 is 1.32 bits per heavy atom. The summed E-state index contributed by atoms with van der Waals surface area (Å²) >= 11 is 0. The molecular weight excluding hydrogens is 236 g/mol. The molecular formula is C16H24N2O. The van der Waals surface area contributed by atoms with Crippen LogP contribution in [0.1, 0.15) is 44.6 Å². The van der Waals surface area contributed by atoms with Crippen molar-refractivity contribution in [1.82, 2.24) is 5.32 Å². The summed E-state index contributed by atoms with van der Waals surface area (Å²) in [6, 6.07) is 8.08.